The summed E-state index contributed by atoms with van der Waals surface area (Å²) in [6.45, 7) is 3.39. The van der Waals surface area contributed by atoms with E-state index in [1.165, 1.54) is 48.6 Å². The van der Waals surface area contributed by atoms with Crippen LogP contribution in [0.1, 0.15) is 22.5 Å². The van der Waals surface area contributed by atoms with Crippen LogP contribution in [0.4, 0.5) is 0 Å². The molecule has 3 aliphatic rings. The zero-order chi connectivity index (χ0) is 14.9. The van der Waals surface area contributed by atoms with Gasteiger partial charge in [0.25, 0.3) is 5.91 Å². The molecule has 22 heavy (non-hydrogen) atoms. The standard InChI is InChI=1S/C14H16N4OS3/c19-13(16-10-7-18-5-3-9(10)4-6-18)11-1-2-12(21-11)22-14-17-15-8-20-14/h1-2,8-10H,3-7H2,(H,16,19)/t10-/m0/s1. The van der Waals surface area contributed by atoms with Crippen LogP contribution >= 0.6 is 34.4 Å². The minimum atomic E-state index is 0.0628. The fraction of sp³-hybridized carbons (Fsp3) is 0.500. The number of aromatic nitrogens is 2. The first-order valence-corrected chi connectivity index (χ1v) is 9.86. The summed E-state index contributed by atoms with van der Waals surface area (Å²) < 4.78 is 1.99. The van der Waals surface area contributed by atoms with Gasteiger partial charge in [0.05, 0.1) is 9.09 Å². The van der Waals surface area contributed by atoms with Crippen molar-refractivity contribution in [1.82, 2.24) is 20.4 Å². The first-order chi connectivity index (χ1) is 10.8. The van der Waals surface area contributed by atoms with E-state index in [1.54, 1.807) is 17.3 Å². The SMILES string of the molecule is O=C(N[C@H]1CN2CCC1CC2)c1ccc(Sc2nncs2)s1. The first-order valence-electron chi connectivity index (χ1n) is 7.35. The van der Waals surface area contributed by atoms with Crippen LogP contribution in [0.2, 0.25) is 0 Å². The highest BCUT2D eigenvalue weighted by molar-refractivity contribution is 8.02. The highest BCUT2D eigenvalue weighted by Gasteiger charge is 2.35. The van der Waals surface area contributed by atoms with Gasteiger partial charge in [-0.15, -0.1) is 21.5 Å². The number of fused-ring (bicyclic) bond motifs is 3. The number of nitrogens with zero attached hydrogens (tertiary/aromatic N) is 3. The number of rotatable bonds is 4. The Labute approximate surface area is 141 Å². The quantitative estimate of drug-likeness (QED) is 0.916. The van der Waals surface area contributed by atoms with Crippen molar-refractivity contribution in [2.45, 2.75) is 27.4 Å². The van der Waals surface area contributed by atoms with Gasteiger partial charge in [-0.2, -0.15) is 0 Å². The van der Waals surface area contributed by atoms with Crippen molar-refractivity contribution in [3.05, 3.63) is 22.5 Å². The Hall–Kier alpha value is -0.960. The van der Waals surface area contributed by atoms with Gasteiger partial charge in [0.2, 0.25) is 0 Å². The fourth-order valence-electron chi connectivity index (χ4n) is 3.16. The van der Waals surface area contributed by atoms with Crippen LogP contribution in [0.15, 0.2) is 26.2 Å². The summed E-state index contributed by atoms with van der Waals surface area (Å²) in [6.07, 6.45) is 2.43. The van der Waals surface area contributed by atoms with E-state index in [-0.39, 0.29) is 5.91 Å². The van der Waals surface area contributed by atoms with Crippen LogP contribution in [0.3, 0.4) is 0 Å². The fourth-order valence-corrected chi connectivity index (χ4v) is 5.90. The van der Waals surface area contributed by atoms with Crippen molar-refractivity contribution in [3.8, 4) is 0 Å². The molecule has 5 rings (SSSR count). The van der Waals surface area contributed by atoms with Gasteiger partial charge in [-0.1, -0.05) is 11.3 Å². The van der Waals surface area contributed by atoms with Gasteiger partial charge < -0.3 is 10.2 Å². The van der Waals surface area contributed by atoms with Gasteiger partial charge in [0.1, 0.15) is 5.51 Å². The highest BCUT2D eigenvalue weighted by Crippen LogP contribution is 2.34. The first kappa shape index (κ1) is 14.6. The van der Waals surface area contributed by atoms with E-state index in [4.69, 9.17) is 0 Å². The lowest BCUT2D eigenvalue weighted by Gasteiger charge is -2.44. The van der Waals surface area contributed by atoms with Crippen molar-refractivity contribution in [3.63, 3.8) is 0 Å². The molecule has 5 heterocycles. The molecule has 8 heteroatoms. The molecule has 2 bridgehead atoms. The monoisotopic (exact) mass is 352 g/mol. The topological polar surface area (TPSA) is 58.1 Å². The Kier molecular flexibility index (Phi) is 4.17. The molecule has 2 aromatic heterocycles. The Morgan fingerprint density at radius 2 is 2.23 bits per heavy atom. The maximum atomic E-state index is 12.5. The van der Waals surface area contributed by atoms with E-state index >= 15 is 0 Å². The van der Waals surface area contributed by atoms with Gasteiger partial charge in [-0.25, -0.2) is 0 Å². The number of piperidine rings is 3. The Balaban J connectivity index is 1.39. The zero-order valence-electron chi connectivity index (χ0n) is 11.9. The summed E-state index contributed by atoms with van der Waals surface area (Å²) in [7, 11) is 0. The van der Waals surface area contributed by atoms with Crippen LogP contribution < -0.4 is 5.32 Å². The summed E-state index contributed by atoms with van der Waals surface area (Å²) in [5.74, 6) is 0.719. The minimum Gasteiger partial charge on any atom is -0.347 e. The second kappa shape index (κ2) is 6.27. The van der Waals surface area contributed by atoms with Crippen LogP contribution in [0, 0.1) is 5.92 Å². The second-order valence-electron chi connectivity index (χ2n) is 5.64. The molecule has 0 spiro atoms. The van der Waals surface area contributed by atoms with Crippen molar-refractivity contribution in [2.24, 2.45) is 5.92 Å². The minimum absolute atomic E-state index is 0.0628. The Morgan fingerprint density at radius 1 is 1.36 bits per heavy atom. The molecule has 1 N–H and O–H groups in total. The van der Waals surface area contributed by atoms with Crippen LogP contribution in [-0.4, -0.2) is 46.7 Å². The third-order valence-corrected chi connectivity index (χ3v) is 7.30. The molecule has 1 amide bonds. The summed E-state index contributed by atoms with van der Waals surface area (Å²) >= 11 is 4.60. The smallest absolute Gasteiger partial charge is 0.261 e. The largest absolute Gasteiger partial charge is 0.347 e. The normalized spacial score (nSPS) is 27.0. The lowest BCUT2D eigenvalue weighted by Crippen LogP contribution is -2.57. The summed E-state index contributed by atoms with van der Waals surface area (Å²) in [6, 6.07) is 4.21. The number of thiophene rings is 1. The molecule has 0 aliphatic carbocycles. The lowest BCUT2D eigenvalue weighted by atomic mass is 9.84. The van der Waals surface area contributed by atoms with Gasteiger partial charge in [0.15, 0.2) is 4.34 Å². The lowest BCUT2D eigenvalue weighted by molar-refractivity contribution is 0.0622. The third-order valence-electron chi connectivity index (χ3n) is 4.31. The van der Waals surface area contributed by atoms with E-state index in [0.717, 1.165) is 20.0 Å². The average molecular weight is 353 g/mol. The molecule has 3 aliphatic heterocycles. The molecule has 2 aromatic rings. The third kappa shape index (κ3) is 3.05. The number of carbonyl (C=O) groups excluding carboxylic acids is 1. The summed E-state index contributed by atoms with van der Waals surface area (Å²) in [5.41, 5.74) is 1.72. The number of nitrogens with one attached hydrogen (secondary N) is 1. The Morgan fingerprint density at radius 3 is 2.91 bits per heavy atom. The summed E-state index contributed by atoms with van der Waals surface area (Å²) in [4.78, 5) is 15.7. The van der Waals surface area contributed by atoms with Crippen molar-refractivity contribution in [2.75, 3.05) is 19.6 Å². The molecule has 0 unspecified atom stereocenters. The van der Waals surface area contributed by atoms with Crippen LogP contribution in [0.5, 0.6) is 0 Å². The van der Waals surface area contributed by atoms with Gasteiger partial charge in [0, 0.05) is 12.6 Å². The zero-order valence-corrected chi connectivity index (χ0v) is 14.3. The van der Waals surface area contributed by atoms with E-state index < -0.39 is 0 Å². The number of carbonyl (C=O) groups is 1. The number of amides is 1. The molecule has 0 radical (unpaired) electrons. The van der Waals surface area contributed by atoms with E-state index in [2.05, 4.69) is 20.4 Å². The predicted molar refractivity (Wildman–Crippen MR) is 88.8 cm³/mol. The maximum absolute atomic E-state index is 12.5. The molecular weight excluding hydrogens is 336 g/mol. The van der Waals surface area contributed by atoms with Crippen molar-refractivity contribution >= 4 is 40.3 Å². The molecule has 3 fully saturated rings. The molecule has 0 saturated carbocycles. The Bertz CT molecular complexity index is 649. The second-order valence-corrected chi connectivity index (χ2v) is 9.11. The van der Waals surface area contributed by atoms with Crippen molar-refractivity contribution in [1.29, 1.82) is 0 Å². The van der Waals surface area contributed by atoms with Gasteiger partial charge >= 0.3 is 0 Å². The van der Waals surface area contributed by atoms with Gasteiger partial charge in [-0.05, 0) is 55.7 Å². The maximum Gasteiger partial charge on any atom is 0.261 e. The number of hydrogen-bond acceptors (Lipinski definition) is 7. The molecule has 0 aromatic carbocycles. The van der Waals surface area contributed by atoms with Crippen LogP contribution in [-0.2, 0) is 0 Å². The van der Waals surface area contributed by atoms with Crippen molar-refractivity contribution < 1.29 is 4.79 Å². The number of hydrogen-bond donors (Lipinski definition) is 1. The summed E-state index contributed by atoms with van der Waals surface area (Å²) in [5, 5.41) is 11.1. The molecule has 5 nitrogen and oxygen atoms in total. The molecule has 1 atom stereocenters. The molecular formula is C14H16N4OS3. The van der Waals surface area contributed by atoms with Crippen LogP contribution in [0.25, 0.3) is 0 Å². The average Bonchev–Trinajstić information content (AvgIpc) is 3.21. The molecule has 3 saturated heterocycles. The predicted octanol–water partition coefficient (Wildman–Crippen LogP) is 2.57. The highest BCUT2D eigenvalue weighted by atomic mass is 32.2. The van der Waals surface area contributed by atoms with E-state index in [9.17, 15) is 4.79 Å². The van der Waals surface area contributed by atoms with E-state index in [0.29, 0.717) is 12.0 Å². The van der Waals surface area contributed by atoms with E-state index in [1.807, 2.05) is 12.1 Å². The van der Waals surface area contributed by atoms with Gasteiger partial charge in [-0.3, -0.25) is 4.79 Å². The molecule has 116 valence electrons.